The summed E-state index contributed by atoms with van der Waals surface area (Å²) in [6, 6.07) is 6.64. The smallest absolute Gasteiger partial charge is 0.338 e. The molecule has 4 nitrogen and oxygen atoms in total. The molecule has 0 unspecified atom stereocenters. The van der Waals surface area contributed by atoms with Gasteiger partial charge in [0.05, 0.1) is 17.6 Å². The van der Waals surface area contributed by atoms with Gasteiger partial charge in [0.25, 0.3) is 0 Å². The van der Waals surface area contributed by atoms with Gasteiger partial charge in [-0.05, 0) is 36.1 Å². The third-order valence-corrected chi connectivity index (χ3v) is 5.03. The molecule has 6 heteroatoms. The molecule has 2 rings (SSSR count). The van der Waals surface area contributed by atoms with Gasteiger partial charge < -0.3 is 4.74 Å². The normalized spacial score (nSPS) is 11.3. The lowest BCUT2D eigenvalue weighted by atomic mass is 10.0. The van der Waals surface area contributed by atoms with Crippen LogP contribution in [-0.2, 0) is 14.6 Å². The van der Waals surface area contributed by atoms with Crippen LogP contribution in [-0.4, -0.2) is 27.8 Å². The summed E-state index contributed by atoms with van der Waals surface area (Å²) in [6.45, 7) is 1.73. The van der Waals surface area contributed by atoms with E-state index < -0.39 is 15.8 Å². The number of ether oxygens (including phenoxy) is 1. The Kier molecular flexibility index (Phi) is 3.96. The van der Waals surface area contributed by atoms with E-state index in [4.69, 9.17) is 4.74 Å². The number of esters is 1. The second-order valence-electron chi connectivity index (χ2n) is 4.35. The molecule has 0 spiro atoms. The molecule has 0 N–H and O–H groups in total. The highest BCUT2D eigenvalue weighted by atomic mass is 32.2. The number of carbonyl (C=O) groups is 1. The number of rotatable bonds is 3. The number of thiophene rings is 1. The second kappa shape index (κ2) is 5.38. The monoisotopic (exact) mass is 310 g/mol. The highest BCUT2D eigenvalue weighted by Gasteiger charge is 2.22. The van der Waals surface area contributed by atoms with Gasteiger partial charge in [0.2, 0.25) is 0 Å². The Balaban J connectivity index is 2.81. The van der Waals surface area contributed by atoms with Crippen LogP contribution in [0.1, 0.15) is 15.9 Å². The van der Waals surface area contributed by atoms with E-state index in [0.717, 1.165) is 11.1 Å². The number of hydrogen-bond acceptors (Lipinski definition) is 5. The molecule has 0 amide bonds. The molecule has 0 aliphatic carbocycles. The molecule has 20 heavy (non-hydrogen) atoms. The van der Waals surface area contributed by atoms with Gasteiger partial charge in [-0.3, -0.25) is 0 Å². The van der Waals surface area contributed by atoms with E-state index in [0.29, 0.717) is 16.7 Å². The first-order valence-corrected chi connectivity index (χ1v) is 8.59. The highest BCUT2D eigenvalue weighted by Crippen LogP contribution is 2.35. The molecule has 0 saturated carbocycles. The molecular formula is C14H14O4S2. The standard InChI is InChI=1S/C14H14O4S2/c1-9-10(14(15)18-2)6-7-12(20(3,16)17)13(9)11-5-4-8-19-11/h4-8H,1-3H3. The molecule has 2 aromatic rings. The molecule has 0 radical (unpaired) electrons. The summed E-state index contributed by atoms with van der Waals surface area (Å²) < 4.78 is 28.6. The largest absolute Gasteiger partial charge is 0.465 e. The average Bonchev–Trinajstić information content (AvgIpc) is 2.89. The Morgan fingerprint density at radius 3 is 2.45 bits per heavy atom. The molecule has 1 heterocycles. The van der Waals surface area contributed by atoms with Crippen molar-refractivity contribution in [1.29, 1.82) is 0 Å². The Bertz CT molecular complexity index is 744. The van der Waals surface area contributed by atoms with Crippen LogP contribution in [0.15, 0.2) is 34.5 Å². The van der Waals surface area contributed by atoms with Crippen LogP contribution in [0, 0.1) is 6.92 Å². The van der Waals surface area contributed by atoms with E-state index in [2.05, 4.69) is 0 Å². The van der Waals surface area contributed by atoms with Gasteiger partial charge in [0, 0.05) is 16.7 Å². The first-order chi connectivity index (χ1) is 9.36. The van der Waals surface area contributed by atoms with Crippen molar-refractivity contribution in [2.75, 3.05) is 13.4 Å². The highest BCUT2D eigenvalue weighted by molar-refractivity contribution is 7.90. The first kappa shape index (κ1) is 14.7. The third kappa shape index (κ3) is 2.62. The van der Waals surface area contributed by atoms with E-state index >= 15 is 0 Å². The lowest BCUT2D eigenvalue weighted by Crippen LogP contribution is -2.08. The molecule has 0 fully saturated rings. The van der Waals surface area contributed by atoms with Crippen LogP contribution in [0.4, 0.5) is 0 Å². The summed E-state index contributed by atoms with van der Waals surface area (Å²) in [5.41, 5.74) is 1.57. The van der Waals surface area contributed by atoms with Gasteiger partial charge in [0.1, 0.15) is 0 Å². The maximum absolute atomic E-state index is 11.9. The summed E-state index contributed by atoms with van der Waals surface area (Å²) >= 11 is 1.43. The van der Waals surface area contributed by atoms with Gasteiger partial charge in [0.15, 0.2) is 9.84 Å². The zero-order valence-corrected chi connectivity index (χ0v) is 13.0. The third-order valence-electron chi connectivity index (χ3n) is 3.00. The van der Waals surface area contributed by atoms with Crippen LogP contribution >= 0.6 is 11.3 Å². The zero-order valence-electron chi connectivity index (χ0n) is 11.3. The molecule has 106 valence electrons. The second-order valence-corrected chi connectivity index (χ2v) is 7.28. The van der Waals surface area contributed by atoms with Crippen LogP contribution < -0.4 is 0 Å². The SMILES string of the molecule is COC(=O)c1ccc(S(C)(=O)=O)c(-c2cccs2)c1C. The number of sulfone groups is 1. The minimum atomic E-state index is -3.38. The Morgan fingerprint density at radius 1 is 1.25 bits per heavy atom. The van der Waals surface area contributed by atoms with Crippen molar-refractivity contribution in [3.8, 4) is 10.4 Å². The number of methoxy groups -OCH3 is 1. The Morgan fingerprint density at radius 2 is 1.95 bits per heavy atom. The van der Waals surface area contributed by atoms with Crippen molar-refractivity contribution in [3.63, 3.8) is 0 Å². The van der Waals surface area contributed by atoms with E-state index in [1.165, 1.54) is 30.6 Å². The molecule has 0 bridgehead atoms. The molecule has 0 aliphatic heterocycles. The van der Waals surface area contributed by atoms with Gasteiger partial charge in [-0.25, -0.2) is 13.2 Å². The average molecular weight is 310 g/mol. The summed E-state index contributed by atoms with van der Waals surface area (Å²) in [7, 11) is -2.07. The lowest BCUT2D eigenvalue weighted by Gasteiger charge is -2.13. The molecule has 0 atom stereocenters. The zero-order chi connectivity index (χ0) is 14.9. The van der Waals surface area contributed by atoms with Crippen LogP contribution in [0.2, 0.25) is 0 Å². The van der Waals surface area contributed by atoms with Gasteiger partial charge in [-0.15, -0.1) is 11.3 Å². The van der Waals surface area contributed by atoms with Crippen molar-refractivity contribution in [2.45, 2.75) is 11.8 Å². The maximum Gasteiger partial charge on any atom is 0.338 e. The van der Waals surface area contributed by atoms with E-state index in [1.54, 1.807) is 6.92 Å². The van der Waals surface area contributed by atoms with Crippen molar-refractivity contribution in [2.24, 2.45) is 0 Å². The molecular weight excluding hydrogens is 296 g/mol. The molecule has 0 aliphatic rings. The van der Waals surface area contributed by atoms with E-state index in [9.17, 15) is 13.2 Å². The van der Waals surface area contributed by atoms with Crippen LogP contribution in [0.25, 0.3) is 10.4 Å². The fraction of sp³-hybridized carbons (Fsp3) is 0.214. The fourth-order valence-electron chi connectivity index (χ4n) is 2.05. The summed E-state index contributed by atoms with van der Waals surface area (Å²) in [4.78, 5) is 12.8. The number of hydrogen-bond donors (Lipinski definition) is 0. The predicted molar refractivity (Wildman–Crippen MR) is 78.9 cm³/mol. The molecule has 0 saturated heterocycles. The first-order valence-electron chi connectivity index (χ1n) is 5.82. The topological polar surface area (TPSA) is 60.4 Å². The van der Waals surface area contributed by atoms with Crippen molar-refractivity contribution >= 4 is 27.1 Å². The maximum atomic E-state index is 11.9. The molecule has 1 aromatic heterocycles. The number of benzene rings is 1. The predicted octanol–water partition coefficient (Wildman–Crippen LogP) is 2.91. The summed E-state index contributed by atoms with van der Waals surface area (Å²) in [6.07, 6.45) is 1.16. The minimum Gasteiger partial charge on any atom is -0.465 e. The van der Waals surface area contributed by atoms with Crippen LogP contribution in [0.3, 0.4) is 0 Å². The van der Waals surface area contributed by atoms with Gasteiger partial charge in [-0.2, -0.15) is 0 Å². The van der Waals surface area contributed by atoms with Gasteiger partial charge in [-0.1, -0.05) is 6.07 Å². The quantitative estimate of drug-likeness (QED) is 0.818. The molecule has 1 aromatic carbocycles. The van der Waals surface area contributed by atoms with E-state index in [1.807, 2.05) is 17.5 Å². The summed E-state index contributed by atoms with van der Waals surface area (Å²) in [5.74, 6) is -0.472. The lowest BCUT2D eigenvalue weighted by molar-refractivity contribution is 0.0600. The summed E-state index contributed by atoms with van der Waals surface area (Å²) in [5, 5.41) is 1.87. The van der Waals surface area contributed by atoms with E-state index in [-0.39, 0.29) is 4.90 Å². The van der Waals surface area contributed by atoms with Crippen molar-refractivity contribution in [1.82, 2.24) is 0 Å². The van der Waals surface area contributed by atoms with Crippen LogP contribution in [0.5, 0.6) is 0 Å². The Hall–Kier alpha value is -1.66. The Labute approximate surface area is 121 Å². The van der Waals surface area contributed by atoms with Gasteiger partial charge >= 0.3 is 5.97 Å². The number of carbonyl (C=O) groups excluding carboxylic acids is 1. The fourth-order valence-corrected chi connectivity index (χ4v) is 3.91. The van der Waals surface area contributed by atoms with Crippen molar-refractivity contribution < 1.29 is 17.9 Å². The van der Waals surface area contributed by atoms with Crippen molar-refractivity contribution in [3.05, 3.63) is 40.8 Å². The minimum absolute atomic E-state index is 0.227.